The van der Waals surface area contributed by atoms with Crippen LogP contribution in [0.15, 0.2) is 48.5 Å². The van der Waals surface area contributed by atoms with Gasteiger partial charge in [0.25, 0.3) is 0 Å². The first-order chi connectivity index (χ1) is 19.1. The van der Waals surface area contributed by atoms with Gasteiger partial charge in [0.15, 0.2) is 0 Å². The SMILES string of the molecule is CCCCCCC1CCC(c2ccc(C3=CCC(C4CCC(c5ccc(CC)c(F)c5)CC4)CC3)cc2)CC1. The van der Waals surface area contributed by atoms with Gasteiger partial charge in [0.05, 0.1) is 0 Å². The van der Waals surface area contributed by atoms with E-state index in [1.807, 2.05) is 19.1 Å². The zero-order valence-electron chi connectivity index (χ0n) is 24.9. The zero-order chi connectivity index (χ0) is 27.0. The average Bonchev–Trinajstić information content (AvgIpc) is 3.00. The van der Waals surface area contributed by atoms with Crippen molar-refractivity contribution in [1.29, 1.82) is 0 Å². The summed E-state index contributed by atoms with van der Waals surface area (Å²) in [7, 11) is 0. The van der Waals surface area contributed by atoms with Crippen LogP contribution < -0.4 is 0 Å². The maximum absolute atomic E-state index is 14.3. The molecule has 2 fully saturated rings. The minimum atomic E-state index is -0.00403. The van der Waals surface area contributed by atoms with Crippen molar-refractivity contribution in [3.63, 3.8) is 0 Å². The maximum atomic E-state index is 14.3. The Morgan fingerprint density at radius 3 is 2.03 bits per heavy atom. The molecule has 2 saturated carbocycles. The van der Waals surface area contributed by atoms with Crippen LogP contribution in [0.25, 0.3) is 5.57 Å². The smallest absolute Gasteiger partial charge is 0.126 e. The Hall–Kier alpha value is -1.89. The van der Waals surface area contributed by atoms with Crippen molar-refractivity contribution < 1.29 is 4.39 Å². The highest BCUT2D eigenvalue weighted by Gasteiger charge is 2.30. The molecule has 0 bridgehead atoms. The Morgan fingerprint density at radius 2 is 1.38 bits per heavy atom. The maximum Gasteiger partial charge on any atom is 0.126 e. The molecule has 0 nitrogen and oxygen atoms in total. The lowest BCUT2D eigenvalue weighted by Gasteiger charge is -2.36. The molecule has 0 aromatic heterocycles. The summed E-state index contributed by atoms with van der Waals surface area (Å²) in [6.45, 7) is 4.34. The Bertz CT molecular complexity index is 1050. The molecule has 1 unspecified atom stereocenters. The molecule has 0 heterocycles. The Morgan fingerprint density at radius 1 is 0.692 bits per heavy atom. The number of unbranched alkanes of at least 4 members (excludes halogenated alkanes) is 3. The zero-order valence-corrected chi connectivity index (χ0v) is 24.9. The molecule has 1 heteroatoms. The summed E-state index contributed by atoms with van der Waals surface area (Å²) in [6.07, 6.45) is 25.0. The molecule has 0 spiro atoms. The lowest BCUT2D eigenvalue weighted by atomic mass is 9.70. The van der Waals surface area contributed by atoms with Gasteiger partial charge in [0.2, 0.25) is 0 Å². The van der Waals surface area contributed by atoms with Crippen LogP contribution in [0, 0.1) is 23.6 Å². The van der Waals surface area contributed by atoms with E-state index in [9.17, 15) is 4.39 Å². The summed E-state index contributed by atoms with van der Waals surface area (Å²) >= 11 is 0. The normalized spacial score (nSPS) is 27.8. The molecule has 0 saturated heterocycles. The van der Waals surface area contributed by atoms with Gasteiger partial charge in [-0.1, -0.05) is 88.4 Å². The fraction of sp³-hybridized carbons (Fsp3) is 0.632. The predicted molar refractivity (Wildman–Crippen MR) is 166 cm³/mol. The molecule has 3 aliphatic rings. The first-order valence-electron chi connectivity index (χ1n) is 16.7. The number of hydrogen-bond donors (Lipinski definition) is 0. The minimum absolute atomic E-state index is 0.00403. The van der Waals surface area contributed by atoms with Crippen LogP contribution in [0.3, 0.4) is 0 Å². The number of halogens is 1. The second-order valence-electron chi connectivity index (χ2n) is 13.3. The standard InChI is InChI=1S/C38H53F/c1-3-5-6-7-8-28-9-11-30(12-10-28)31-14-16-32(17-15-31)33-18-20-34(21-19-33)35-22-24-36(25-23-35)37-26-13-29(4-2)38(39)27-37/h13-18,26-28,30,34-36H,3-12,19-25H2,1-2H3. The topological polar surface area (TPSA) is 0 Å². The number of rotatable bonds is 10. The van der Waals surface area contributed by atoms with E-state index >= 15 is 0 Å². The van der Waals surface area contributed by atoms with Crippen LogP contribution in [-0.2, 0) is 6.42 Å². The van der Waals surface area contributed by atoms with Gasteiger partial charge in [0, 0.05) is 0 Å². The van der Waals surface area contributed by atoms with Crippen molar-refractivity contribution in [2.45, 2.75) is 135 Å². The number of allylic oxidation sites excluding steroid dienone is 2. The van der Waals surface area contributed by atoms with Gasteiger partial charge in [-0.2, -0.15) is 0 Å². The second-order valence-corrected chi connectivity index (χ2v) is 13.3. The highest BCUT2D eigenvalue weighted by Crippen LogP contribution is 2.44. The van der Waals surface area contributed by atoms with Gasteiger partial charge in [-0.05, 0) is 141 Å². The number of aryl methyl sites for hydroxylation is 1. The van der Waals surface area contributed by atoms with Crippen molar-refractivity contribution in [2.24, 2.45) is 17.8 Å². The summed E-state index contributed by atoms with van der Waals surface area (Å²) in [5.74, 6) is 4.01. The third-order valence-corrected chi connectivity index (χ3v) is 10.9. The first kappa shape index (κ1) is 28.6. The van der Waals surface area contributed by atoms with E-state index in [2.05, 4.69) is 43.3 Å². The molecular formula is C38H53F. The lowest BCUT2D eigenvalue weighted by molar-refractivity contribution is 0.220. The van der Waals surface area contributed by atoms with Crippen LogP contribution in [-0.4, -0.2) is 0 Å². The van der Waals surface area contributed by atoms with Gasteiger partial charge >= 0.3 is 0 Å². The van der Waals surface area contributed by atoms with Gasteiger partial charge in [0.1, 0.15) is 5.82 Å². The molecule has 212 valence electrons. The Labute approximate surface area is 238 Å². The highest BCUT2D eigenvalue weighted by molar-refractivity contribution is 5.66. The second kappa shape index (κ2) is 14.1. The molecule has 0 N–H and O–H groups in total. The van der Waals surface area contributed by atoms with E-state index in [0.29, 0.717) is 5.92 Å². The van der Waals surface area contributed by atoms with Gasteiger partial charge in [-0.3, -0.25) is 0 Å². The van der Waals surface area contributed by atoms with E-state index < -0.39 is 0 Å². The third-order valence-electron chi connectivity index (χ3n) is 10.9. The minimum Gasteiger partial charge on any atom is -0.207 e. The van der Waals surface area contributed by atoms with Crippen molar-refractivity contribution >= 4 is 5.57 Å². The molecule has 2 aromatic carbocycles. The van der Waals surface area contributed by atoms with Crippen LogP contribution in [0.2, 0.25) is 0 Å². The van der Waals surface area contributed by atoms with Crippen molar-refractivity contribution in [1.82, 2.24) is 0 Å². The van der Waals surface area contributed by atoms with Crippen LogP contribution in [0.1, 0.15) is 151 Å². The summed E-state index contributed by atoms with van der Waals surface area (Å²) in [5, 5.41) is 0. The van der Waals surface area contributed by atoms with E-state index in [0.717, 1.165) is 35.7 Å². The predicted octanol–water partition coefficient (Wildman–Crippen LogP) is 11.8. The fourth-order valence-corrected chi connectivity index (χ4v) is 8.19. The molecule has 0 radical (unpaired) electrons. The van der Waals surface area contributed by atoms with Crippen LogP contribution in [0.4, 0.5) is 4.39 Å². The quantitative estimate of drug-likeness (QED) is 0.269. The van der Waals surface area contributed by atoms with Gasteiger partial charge in [-0.25, -0.2) is 4.39 Å². The third kappa shape index (κ3) is 7.45. The molecule has 3 aliphatic carbocycles. The molecule has 0 amide bonds. The molecule has 39 heavy (non-hydrogen) atoms. The van der Waals surface area contributed by atoms with Crippen molar-refractivity contribution in [2.75, 3.05) is 0 Å². The Kier molecular flexibility index (Phi) is 10.4. The van der Waals surface area contributed by atoms with Gasteiger partial charge in [-0.15, -0.1) is 0 Å². The summed E-state index contributed by atoms with van der Waals surface area (Å²) in [5.41, 5.74) is 6.70. The van der Waals surface area contributed by atoms with E-state index in [1.165, 1.54) is 114 Å². The number of hydrogen-bond acceptors (Lipinski definition) is 0. The summed E-state index contributed by atoms with van der Waals surface area (Å²) in [6, 6.07) is 15.8. The van der Waals surface area contributed by atoms with E-state index in [-0.39, 0.29) is 5.82 Å². The van der Waals surface area contributed by atoms with Crippen molar-refractivity contribution in [3.05, 3.63) is 76.6 Å². The molecule has 0 aliphatic heterocycles. The highest BCUT2D eigenvalue weighted by atomic mass is 19.1. The summed E-state index contributed by atoms with van der Waals surface area (Å²) < 4.78 is 14.3. The van der Waals surface area contributed by atoms with E-state index in [4.69, 9.17) is 0 Å². The molecular weight excluding hydrogens is 475 g/mol. The molecule has 2 aromatic rings. The van der Waals surface area contributed by atoms with Gasteiger partial charge < -0.3 is 0 Å². The average molecular weight is 529 g/mol. The molecule has 1 atom stereocenters. The van der Waals surface area contributed by atoms with Crippen LogP contribution >= 0.6 is 0 Å². The van der Waals surface area contributed by atoms with Crippen LogP contribution in [0.5, 0.6) is 0 Å². The first-order valence-corrected chi connectivity index (χ1v) is 16.7. The molecule has 5 rings (SSSR count). The number of benzene rings is 2. The fourth-order valence-electron chi connectivity index (χ4n) is 8.19. The monoisotopic (exact) mass is 528 g/mol. The van der Waals surface area contributed by atoms with E-state index in [1.54, 1.807) is 11.1 Å². The lowest BCUT2D eigenvalue weighted by Crippen LogP contribution is -2.22. The largest absolute Gasteiger partial charge is 0.207 e. The Balaban J connectivity index is 1.07. The summed E-state index contributed by atoms with van der Waals surface area (Å²) in [4.78, 5) is 0. The van der Waals surface area contributed by atoms with Crippen molar-refractivity contribution in [3.8, 4) is 0 Å².